The Balaban J connectivity index is 2.91. The molecule has 0 aliphatic rings. The molecule has 0 aliphatic carbocycles. The molecule has 90 valence electrons. The molecule has 2 atom stereocenters. The summed E-state index contributed by atoms with van der Waals surface area (Å²) in [5.41, 5.74) is 0.180. The van der Waals surface area contributed by atoms with E-state index in [1.807, 2.05) is 13.8 Å². The molecular formula is C12H14BrF3. The normalized spacial score (nSPS) is 14.9. The second-order valence-electron chi connectivity index (χ2n) is 4.00. The van der Waals surface area contributed by atoms with Crippen LogP contribution in [0.5, 0.6) is 0 Å². The molecule has 0 radical (unpaired) electrons. The minimum Gasteiger partial charge on any atom is -0.207 e. The Kier molecular flexibility index (Phi) is 4.84. The first-order valence-electron chi connectivity index (χ1n) is 5.24. The van der Waals surface area contributed by atoms with Crippen LogP contribution in [0, 0.1) is 23.4 Å². The van der Waals surface area contributed by atoms with Gasteiger partial charge in [-0.05, 0) is 18.4 Å². The quantitative estimate of drug-likeness (QED) is 0.543. The van der Waals surface area contributed by atoms with Crippen molar-refractivity contribution in [3.8, 4) is 0 Å². The summed E-state index contributed by atoms with van der Waals surface area (Å²) >= 11 is 3.31. The van der Waals surface area contributed by atoms with Crippen LogP contribution in [0.4, 0.5) is 13.2 Å². The number of halogens is 4. The van der Waals surface area contributed by atoms with Crippen molar-refractivity contribution in [3.63, 3.8) is 0 Å². The maximum absolute atomic E-state index is 13.4. The van der Waals surface area contributed by atoms with Crippen LogP contribution in [0.1, 0.15) is 37.1 Å². The fourth-order valence-electron chi connectivity index (χ4n) is 1.42. The lowest BCUT2D eigenvalue weighted by Gasteiger charge is -2.15. The van der Waals surface area contributed by atoms with Gasteiger partial charge in [-0.15, -0.1) is 0 Å². The highest BCUT2D eigenvalue weighted by Crippen LogP contribution is 2.33. The zero-order chi connectivity index (χ0) is 12.3. The largest absolute Gasteiger partial charge is 0.207 e. The molecule has 0 aromatic heterocycles. The maximum atomic E-state index is 13.4. The number of rotatable bonds is 4. The molecule has 0 aliphatic heterocycles. The molecule has 1 aromatic carbocycles. The smallest absolute Gasteiger partial charge is 0.161 e. The fourth-order valence-corrected chi connectivity index (χ4v) is 2.41. The van der Waals surface area contributed by atoms with E-state index in [-0.39, 0.29) is 10.4 Å². The van der Waals surface area contributed by atoms with E-state index in [1.54, 1.807) is 0 Å². The van der Waals surface area contributed by atoms with Gasteiger partial charge in [0.1, 0.15) is 5.82 Å². The van der Waals surface area contributed by atoms with Gasteiger partial charge in [0.15, 0.2) is 11.6 Å². The molecule has 0 bridgehead atoms. The van der Waals surface area contributed by atoms with Gasteiger partial charge < -0.3 is 0 Å². The molecule has 4 heteroatoms. The summed E-state index contributed by atoms with van der Waals surface area (Å²) in [4.78, 5) is -0.280. The average Bonchev–Trinajstić information content (AvgIpc) is 2.23. The second-order valence-corrected chi connectivity index (χ2v) is 5.11. The molecule has 0 fully saturated rings. The van der Waals surface area contributed by atoms with Crippen molar-refractivity contribution < 1.29 is 13.2 Å². The van der Waals surface area contributed by atoms with Crippen LogP contribution in [0.15, 0.2) is 12.1 Å². The van der Waals surface area contributed by atoms with E-state index in [0.717, 1.165) is 12.5 Å². The Hall–Kier alpha value is -0.510. The predicted molar refractivity (Wildman–Crippen MR) is 62.1 cm³/mol. The molecular weight excluding hydrogens is 281 g/mol. The summed E-state index contributed by atoms with van der Waals surface area (Å²) in [6.07, 6.45) is 1.66. The molecule has 0 heterocycles. The fraction of sp³-hybridized carbons (Fsp3) is 0.500. The van der Waals surface area contributed by atoms with Crippen LogP contribution in [0.3, 0.4) is 0 Å². The van der Waals surface area contributed by atoms with Crippen molar-refractivity contribution in [2.45, 2.75) is 31.5 Å². The lowest BCUT2D eigenvalue weighted by Crippen LogP contribution is -2.02. The summed E-state index contributed by atoms with van der Waals surface area (Å²) in [6, 6.07) is 1.52. The van der Waals surface area contributed by atoms with Gasteiger partial charge in [-0.1, -0.05) is 36.2 Å². The first-order valence-corrected chi connectivity index (χ1v) is 6.15. The van der Waals surface area contributed by atoms with E-state index in [0.29, 0.717) is 18.4 Å². The first-order chi connectivity index (χ1) is 7.45. The van der Waals surface area contributed by atoms with E-state index < -0.39 is 17.5 Å². The number of alkyl halides is 1. The van der Waals surface area contributed by atoms with Gasteiger partial charge in [-0.25, -0.2) is 13.2 Å². The lowest BCUT2D eigenvalue weighted by atomic mass is 9.98. The molecule has 1 aromatic rings. The van der Waals surface area contributed by atoms with Crippen molar-refractivity contribution in [2.24, 2.45) is 5.92 Å². The third-order valence-corrected chi connectivity index (χ3v) is 3.55. The average molecular weight is 295 g/mol. The third kappa shape index (κ3) is 3.24. The number of hydrogen-bond acceptors (Lipinski definition) is 0. The Bertz CT molecular complexity index is 366. The van der Waals surface area contributed by atoms with E-state index >= 15 is 0 Å². The molecule has 0 saturated heterocycles. The van der Waals surface area contributed by atoms with E-state index in [9.17, 15) is 13.2 Å². The molecule has 16 heavy (non-hydrogen) atoms. The van der Waals surface area contributed by atoms with Gasteiger partial charge in [0.25, 0.3) is 0 Å². The summed E-state index contributed by atoms with van der Waals surface area (Å²) in [5, 5.41) is 0. The summed E-state index contributed by atoms with van der Waals surface area (Å²) in [5.74, 6) is -2.46. The zero-order valence-electron chi connectivity index (χ0n) is 9.24. The molecule has 0 spiro atoms. The summed E-state index contributed by atoms with van der Waals surface area (Å²) in [7, 11) is 0. The molecule has 0 nitrogen and oxygen atoms in total. The monoisotopic (exact) mass is 294 g/mol. The van der Waals surface area contributed by atoms with Crippen molar-refractivity contribution in [1.29, 1.82) is 0 Å². The molecule has 0 N–H and O–H groups in total. The SMILES string of the molecule is CCC(C)CC(Br)c1cc(F)c(F)cc1F. The second kappa shape index (κ2) is 5.71. The Labute approximate surface area is 102 Å². The maximum Gasteiger partial charge on any atom is 0.161 e. The van der Waals surface area contributed by atoms with Gasteiger partial charge in [0.2, 0.25) is 0 Å². The highest BCUT2D eigenvalue weighted by molar-refractivity contribution is 9.09. The van der Waals surface area contributed by atoms with Gasteiger partial charge >= 0.3 is 0 Å². The molecule has 2 unspecified atom stereocenters. The van der Waals surface area contributed by atoms with Crippen LogP contribution in [-0.4, -0.2) is 0 Å². The topological polar surface area (TPSA) is 0 Å². The van der Waals surface area contributed by atoms with Crippen LogP contribution in [0.25, 0.3) is 0 Å². The van der Waals surface area contributed by atoms with Gasteiger partial charge in [0.05, 0.1) is 0 Å². The van der Waals surface area contributed by atoms with Gasteiger partial charge in [-0.3, -0.25) is 0 Å². The molecule has 0 saturated carbocycles. The van der Waals surface area contributed by atoms with E-state index in [2.05, 4.69) is 15.9 Å². The third-order valence-electron chi connectivity index (χ3n) is 2.68. The highest BCUT2D eigenvalue weighted by Gasteiger charge is 2.18. The molecule has 1 rings (SSSR count). The Morgan fingerprint density at radius 2 is 1.69 bits per heavy atom. The lowest BCUT2D eigenvalue weighted by molar-refractivity contribution is 0.477. The molecule has 0 amide bonds. The van der Waals surface area contributed by atoms with Crippen LogP contribution < -0.4 is 0 Å². The van der Waals surface area contributed by atoms with Crippen molar-refractivity contribution in [1.82, 2.24) is 0 Å². The van der Waals surface area contributed by atoms with Crippen molar-refractivity contribution in [2.75, 3.05) is 0 Å². The Morgan fingerprint density at radius 1 is 1.12 bits per heavy atom. The summed E-state index contributed by atoms with van der Waals surface area (Å²) < 4.78 is 39.1. The van der Waals surface area contributed by atoms with Crippen LogP contribution in [0.2, 0.25) is 0 Å². The van der Waals surface area contributed by atoms with Gasteiger partial charge in [-0.2, -0.15) is 0 Å². The minimum atomic E-state index is -1.15. The number of benzene rings is 1. The Morgan fingerprint density at radius 3 is 2.25 bits per heavy atom. The summed E-state index contributed by atoms with van der Waals surface area (Å²) in [6.45, 7) is 4.07. The standard InChI is InChI=1S/C12H14BrF3/c1-3-7(2)4-9(13)8-5-11(15)12(16)6-10(8)14/h5-7,9H,3-4H2,1-2H3. The zero-order valence-corrected chi connectivity index (χ0v) is 10.8. The number of hydrogen-bond donors (Lipinski definition) is 0. The predicted octanol–water partition coefficient (Wildman–Crippen LogP) is 4.98. The van der Waals surface area contributed by atoms with Crippen LogP contribution >= 0.6 is 15.9 Å². The van der Waals surface area contributed by atoms with E-state index in [1.165, 1.54) is 0 Å². The van der Waals surface area contributed by atoms with Crippen molar-refractivity contribution in [3.05, 3.63) is 35.1 Å². The minimum absolute atomic E-state index is 0.180. The van der Waals surface area contributed by atoms with Gasteiger partial charge in [0, 0.05) is 16.5 Å². The highest BCUT2D eigenvalue weighted by atomic mass is 79.9. The first kappa shape index (κ1) is 13.6. The van der Waals surface area contributed by atoms with Crippen LogP contribution in [-0.2, 0) is 0 Å². The van der Waals surface area contributed by atoms with Crippen molar-refractivity contribution >= 4 is 15.9 Å². The van der Waals surface area contributed by atoms with E-state index in [4.69, 9.17) is 0 Å².